The minimum Gasteiger partial charge on any atom is -0.490 e. The molecule has 0 radical (unpaired) electrons. The fourth-order valence-electron chi connectivity index (χ4n) is 6.67. The Balaban J connectivity index is 2.68. The lowest BCUT2D eigenvalue weighted by Gasteiger charge is -2.27. The molecule has 6 heteroatoms. The molecule has 0 saturated heterocycles. The van der Waals surface area contributed by atoms with E-state index in [-0.39, 0.29) is 42.7 Å². The van der Waals surface area contributed by atoms with Crippen LogP contribution in [0, 0.1) is 0 Å². The van der Waals surface area contributed by atoms with E-state index in [0.717, 1.165) is 113 Å². The van der Waals surface area contributed by atoms with Gasteiger partial charge in [0, 0.05) is 6.42 Å². The molecule has 0 aliphatic rings. The highest BCUT2D eigenvalue weighted by atomic mass is 16.5. The summed E-state index contributed by atoms with van der Waals surface area (Å²) >= 11 is 0. The summed E-state index contributed by atoms with van der Waals surface area (Å²) in [5.41, 5.74) is 1.49. The molecule has 0 saturated carbocycles. The van der Waals surface area contributed by atoms with E-state index in [0.29, 0.717) is 29.2 Å². The minimum atomic E-state index is -0.0315. The van der Waals surface area contributed by atoms with E-state index >= 15 is 0 Å². The van der Waals surface area contributed by atoms with Crippen LogP contribution in [0.2, 0.25) is 0 Å². The fourth-order valence-corrected chi connectivity index (χ4v) is 6.67. The van der Waals surface area contributed by atoms with Crippen LogP contribution < -0.4 is 23.7 Å². The van der Waals surface area contributed by atoms with E-state index in [9.17, 15) is 4.79 Å². The van der Waals surface area contributed by atoms with E-state index in [2.05, 4.69) is 75.3 Å². The van der Waals surface area contributed by atoms with E-state index in [1.807, 2.05) is 24.3 Å². The van der Waals surface area contributed by atoms with Crippen molar-refractivity contribution in [1.29, 1.82) is 0 Å². The fraction of sp³-hybridized carbons (Fsp3) is 0.711. The van der Waals surface area contributed by atoms with Gasteiger partial charge in [0.05, 0.1) is 30.5 Å². The number of carbonyl (C=O) groups is 1. The summed E-state index contributed by atoms with van der Waals surface area (Å²) in [6.07, 6.45) is 15.4. The summed E-state index contributed by atoms with van der Waals surface area (Å²) in [7, 11) is 0. The lowest BCUT2D eigenvalue weighted by Crippen LogP contribution is -2.22. The number of rotatable bonds is 29. The van der Waals surface area contributed by atoms with Crippen LogP contribution in [0.3, 0.4) is 0 Å². The summed E-state index contributed by atoms with van der Waals surface area (Å²) in [5, 5.41) is 0. The molecule has 0 bridgehead atoms. The van der Waals surface area contributed by atoms with Crippen LogP contribution in [0.25, 0.3) is 0 Å². The quantitative estimate of drug-likeness (QED) is 0.0783. The average Bonchev–Trinajstić information content (AvgIpc) is 3.14. The molecular weight excluding hydrogens is 636 g/mol. The van der Waals surface area contributed by atoms with Gasteiger partial charge in [-0.1, -0.05) is 101 Å². The monoisotopic (exact) mass is 711 g/mol. The molecule has 0 N–H and O–H groups in total. The Kier molecular flexibility index (Phi) is 21.8. The van der Waals surface area contributed by atoms with E-state index in [1.54, 1.807) is 0 Å². The summed E-state index contributed by atoms with van der Waals surface area (Å²) in [4.78, 5) is 14.7. The first-order valence-corrected chi connectivity index (χ1v) is 20.9. The maximum Gasteiger partial charge on any atom is 0.176 e. The predicted octanol–water partition coefficient (Wildman–Crippen LogP) is 13.3. The molecular formula is C45H74O6. The average molecular weight is 711 g/mol. The third-order valence-corrected chi connectivity index (χ3v) is 9.81. The van der Waals surface area contributed by atoms with Crippen molar-refractivity contribution in [3.05, 3.63) is 41.5 Å². The Morgan fingerprint density at radius 2 is 0.882 bits per heavy atom. The Morgan fingerprint density at radius 1 is 0.490 bits per heavy atom. The van der Waals surface area contributed by atoms with Crippen molar-refractivity contribution < 1.29 is 28.5 Å². The number of ketones is 1. The number of ether oxygens (including phenoxy) is 5. The van der Waals surface area contributed by atoms with Gasteiger partial charge in [-0.3, -0.25) is 4.79 Å². The number of carbonyl (C=O) groups excluding carboxylic acids is 1. The van der Waals surface area contributed by atoms with Crippen LogP contribution >= 0.6 is 0 Å². The van der Waals surface area contributed by atoms with Crippen LogP contribution in [-0.4, -0.2) is 36.3 Å². The summed E-state index contributed by atoms with van der Waals surface area (Å²) in [5.74, 6) is 3.40. The second kappa shape index (κ2) is 25.1. The number of Topliss-reactive ketones (excluding diaryl/α,β-unsaturated/α-hetero) is 1. The van der Waals surface area contributed by atoms with Gasteiger partial charge in [-0.25, -0.2) is 0 Å². The van der Waals surface area contributed by atoms with Crippen LogP contribution in [-0.2, 0) is 6.42 Å². The zero-order valence-electron chi connectivity index (χ0n) is 34.2. The van der Waals surface area contributed by atoms with Gasteiger partial charge in [0.15, 0.2) is 17.3 Å². The molecule has 5 unspecified atom stereocenters. The molecule has 2 aromatic carbocycles. The summed E-state index contributed by atoms with van der Waals surface area (Å²) in [6, 6.07) is 10.0. The molecule has 6 nitrogen and oxygen atoms in total. The van der Waals surface area contributed by atoms with Crippen LogP contribution in [0.4, 0.5) is 0 Å². The minimum absolute atomic E-state index is 0.00951. The van der Waals surface area contributed by atoms with Gasteiger partial charge in [-0.05, 0) is 107 Å². The van der Waals surface area contributed by atoms with Crippen molar-refractivity contribution in [1.82, 2.24) is 0 Å². The molecule has 0 aromatic heterocycles. The third-order valence-electron chi connectivity index (χ3n) is 9.81. The molecule has 2 rings (SSSR count). The molecule has 0 heterocycles. The zero-order valence-corrected chi connectivity index (χ0v) is 34.2. The number of aryl methyl sites for hydroxylation is 1. The number of hydrogen-bond donors (Lipinski definition) is 0. The smallest absolute Gasteiger partial charge is 0.176 e. The maximum absolute atomic E-state index is 14.7. The van der Waals surface area contributed by atoms with E-state index < -0.39 is 0 Å². The molecule has 51 heavy (non-hydrogen) atoms. The molecule has 5 atom stereocenters. The standard InChI is InChI=1S/C45H74O6/c1-11-21-34(16-6)47-39-27-29-41(48-35(17-7)22-12-2)33(32-39)26-28-40(46)44-42(49-36(18-8)23-13-3)30-31-43(50-37(19-9)24-14-4)45(44)51-38(20-10)25-15-5/h27,29-32,34-38H,11-26,28H2,1-10H3. The van der Waals surface area contributed by atoms with Crippen molar-refractivity contribution in [2.75, 3.05) is 0 Å². The molecule has 0 spiro atoms. The molecule has 0 amide bonds. The Bertz CT molecular complexity index is 1240. The lowest BCUT2D eigenvalue weighted by molar-refractivity contribution is 0.0956. The topological polar surface area (TPSA) is 63.2 Å². The Labute approximate surface area is 312 Å². The van der Waals surface area contributed by atoms with Gasteiger partial charge in [0.1, 0.15) is 22.8 Å². The van der Waals surface area contributed by atoms with Gasteiger partial charge < -0.3 is 23.7 Å². The highest BCUT2D eigenvalue weighted by Crippen LogP contribution is 2.42. The Morgan fingerprint density at radius 3 is 1.35 bits per heavy atom. The molecule has 0 fully saturated rings. The van der Waals surface area contributed by atoms with Crippen molar-refractivity contribution >= 4 is 5.78 Å². The summed E-state index contributed by atoms with van der Waals surface area (Å²) in [6.45, 7) is 21.7. The summed E-state index contributed by atoms with van der Waals surface area (Å²) < 4.78 is 33.2. The van der Waals surface area contributed by atoms with Crippen LogP contribution in [0.5, 0.6) is 28.7 Å². The number of hydrogen-bond acceptors (Lipinski definition) is 6. The van der Waals surface area contributed by atoms with Crippen molar-refractivity contribution in [2.24, 2.45) is 0 Å². The van der Waals surface area contributed by atoms with Gasteiger partial charge in [-0.15, -0.1) is 0 Å². The zero-order chi connectivity index (χ0) is 37.6. The lowest BCUT2D eigenvalue weighted by atomic mass is 9.99. The first-order valence-electron chi connectivity index (χ1n) is 20.9. The highest BCUT2D eigenvalue weighted by Gasteiger charge is 2.28. The largest absolute Gasteiger partial charge is 0.490 e. The first kappa shape index (κ1) is 44.3. The van der Waals surface area contributed by atoms with Gasteiger partial charge >= 0.3 is 0 Å². The molecule has 0 aliphatic carbocycles. The molecule has 290 valence electrons. The normalized spacial score (nSPS) is 14.3. The second-order valence-corrected chi connectivity index (χ2v) is 14.1. The van der Waals surface area contributed by atoms with Crippen molar-refractivity contribution in [3.8, 4) is 28.7 Å². The highest BCUT2D eigenvalue weighted by molar-refractivity contribution is 6.02. The first-order chi connectivity index (χ1) is 24.7. The van der Waals surface area contributed by atoms with Gasteiger partial charge in [0.25, 0.3) is 0 Å². The van der Waals surface area contributed by atoms with Crippen molar-refractivity contribution in [2.45, 2.75) is 209 Å². The van der Waals surface area contributed by atoms with Gasteiger partial charge in [0.2, 0.25) is 0 Å². The third kappa shape index (κ3) is 14.6. The molecule has 0 aliphatic heterocycles. The predicted molar refractivity (Wildman–Crippen MR) is 214 cm³/mol. The second-order valence-electron chi connectivity index (χ2n) is 14.1. The molecule has 2 aromatic rings. The number of benzene rings is 2. The van der Waals surface area contributed by atoms with Crippen LogP contribution in [0.1, 0.15) is 188 Å². The van der Waals surface area contributed by atoms with Crippen LogP contribution in [0.15, 0.2) is 30.3 Å². The Hall–Kier alpha value is -2.89. The maximum atomic E-state index is 14.7. The van der Waals surface area contributed by atoms with E-state index in [1.165, 1.54) is 0 Å². The van der Waals surface area contributed by atoms with E-state index in [4.69, 9.17) is 23.7 Å². The van der Waals surface area contributed by atoms with Gasteiger partial charge in [-0.2, -0.15) is 0 Å². The van der Waals surface area contributed by atoms with Crippen molar-refractivity contribution in [3.63, 3.8) is 0 Å². The SMILES string of the molecule is CCCC(CC)Oc1ccc(OC(CC)CCC)c(CCC(=O)c2c(OC(CC)CCC)ccc(OC(CC)CCC)c2OC(CC)CCC)c1.